The van der Waals surface area contributed by atoms with Gasteiger partial charge in [-0.15, -0.1) is 0 Å². The van der Waals surface area contributed by atoms with Crippen molar-refractivity contribution < 1.29 is 15.0 Å². The van der Waals surface area contributed by atoms with E-state index in [4.69, 9.17) is 0 Å². The summed E-state index contributed by atoms with van der Waals surface area (Å²) < 4.78 is 0. The van der Waals surface area contributed by atoms with Gasteiger partial charge in [-0.1, -0.05) is 6.07 Å². The Balaban J connectivity index is 2.13. The first kappa shape index (κ1) is 14.8. The molecule has 0 saturated carbocycles. The lowest BCUT2D eigenvalue weighted by Gasteiger charge is -2.28. The van der Waals surface area contributed by atoms with E-state index < -0.39 is 0 Å². The molecular weight excluding hydrogens is 256 g/mol. The van der Waals surface area contributed by atoms with Gasteiger partial charge < -0.3 is 20.4 Å². The zero-order chi connectivity index (χ0) is 14.7. The molecule has 3 N–H and O–H groups in total. The number of nitrogens with one attached hydrogen (secondary N) is 1. The van der Waals surface area contributed by atoms with Gasteiger partial charge in [0.25, 0.3) is 0 Å². The monoisotopic (exact) mass is 278 g/mol. The molecule has 0 aromatic heterocycles. The lowest BCUT2D eigenvalue weighted by Crippen LogP contribution is -2.32. The number of rotatable bonds is 5. The van der Waals surface area contributed by atoms with E-state index in [2.05, 4.69) is 5.32 Å². The molecule has 0 spiro atoms. The molecule has 1 atom stereocenters. The maximum Gasteiger partial charge on any atom is 0.227 e. The average Bonchev–Trinajstić information content (AvgIpc) is 2.40. The summed E-state index contributed by atoms with van der Waals surface area (Å²) in [5.74, 6) is 0.202. The summed E-state index contributed by atoms with van der Waals surface area (Å²) in [6, 6.07) is 3.57. The van der Waals surface area contributed by atoms with E-state index in [0.29, 0.717) is 25.1 Å². The van der Waals surface area contributed by atoms with Crippen LogP contribution in [0.4, 0.5) is 5.69 Å². The number of hydrogen-bond acceptors (Lipinski definition) is 4. The number of aliphatic hydroxyl groups excluding tert-OH is 1. The Morgan fingerprint density at radius 3 is 2.85 bits per heavy atom. The highest BCUT2D eigenvalue weighted by atomic mass is 16.3. The quantitative estimate of drug-likeness (QED) is 0.697. The van der Waals surface area contributed by atoms with Gasteiger partial charge in [0.1, 0.15) is 5.75 Å². The number of carbonyl (C=O) groups is 1. The van der Waals surface area contributed by atoms with Crippen molar-refractivity contribution in [2.45, 2.75) is 32.3 Å². The highest BCUT2D eigenvalue weighted by Gasteiger charge is 2.25. The Morgan fingerprint density at radius 2 is 2.15 bits per heavy atom. The summed E-state index contributed by atoms with van der Waals surface area (Å²) >= 11 is 0. The molecule has 2 rings (SSSR count). The second-order valence-electron chi connectivity index (χ2n) is 5.33. The summed E-state index contributed by atoms with van der Waals surface area (Å²) in [7, 11) is 1.70. The summed E-state index contributed by atoms with van der Waals surface area (Å²) in [5.41, 5.74) is 2.86. The minimum absolute atomic E-state index is 0.0391. The lowest BCUT2D eigenvalue weighted by atomic mass is 9.94. The van der Waals surface area contributed by atoms with E-state index in [9.17, 15) is 15.0 Å². The van der Waals surface area contributed by atoms with Crippen LogP contribution >= 0.6 is 0 Å². The molecule has 1 unspecified atom stereocenters. The van der Waals surface area contributed by atoms with Gasteiger partial charge in [0.15, 0.2) is 0 Å². The number of hydrogen-bond donors (Lipinski definition) is 3. The number of nitrogens with zero attached hydrogens (tertiary/aromatic N) is 1. The third kappa shape index (κ3) is 3.11. The van der Waals surface area contributed by atoms with Crippen molar-refractivity contribution in [1.29, 1.82) is 0 Å². The van der Waals surface area contributed by atoms with E-state index in [1.807, 2.05) is 6.07 Å². The van der Waals surface area contributed by atoms with E-state index in [0.717, 1.165) is 24.1 Å². The molecule has 1 aliphatic rings. The van der Waals surface area contributed by atoms with Gasteiger partial charge >= 0.3 is 0 Å². The Labute approximate surface area is 119 Å². The lowest BCUT2D eigenvalue weighted by molar-refractivity contribution is -0.118. The third-order valence-electron chi connectivity index (χ3n) is 3.67. The van der Waals surface area contributed by atoms with Crippen LogP contribution in [0.25, 0.3) is 0 Å². The molecule has 0 fully saturated rings. The summed E-state index contributed by atoms with van der Waals surface area (Å²) in [6.07, 6.45) is 1.63. The second-order valence-corrected chi connectivity index (χ2v) is 5.33. The Morgan fingerprint density at radius 1 is 1.40 bits per heavy atom. The van der Waals surface area contributed by atoms with Crippen molar-refractivity contribution in [3.05, 3.63) is 23.3 Å². The number of carbonyl (C=O) groups excluding carboxylic acids is 1. The minimum Gasteiger partial charge on any atom is -0.506 e. The predicted molar refractivity (Wildman–Crippen MR) is 78.1 cm³/mol. The predicted octanol–water partition coefficient (Wildman–Crippen LogP) is 0.814. The van der Waals surface area contributed by atoms with E-state index >= 15 is 0 Å². The summed E-state index contributed by atoms with van der Waals surface area (Å²) in [6.45, 7) is 3.08. The van der Waals surface area contributed by atoms with Gasteiger partial charge in [0, 0.05) is 20.0 Å². The van der Waals surface area contributed by atoms with Gasteiger partial charge in [0.05, 0.1) is 11.8 Å². The number of fused-ring (bicyclic) bond motifs is 1. The van der Waals surface area contributed by atoms with E-state index in [1.165, 1.54) is 0 Å². The topological polar surface area (TPSA) is 72.8 Å². The molecule has 1 amide bonds. The highest BCUT2D eigenvalue weighted by Crippen LogP contribution is 2.37. The number of amides is 1. The van der Waals surface area contributed by atoms with Crippen LogP contribution in [0.1, 0.15) is 24.5 Å². The fraction of sp³-hybridized carbons (Fsp3) is 0.533. The minimum atomic E-state index is -0.354. The number of anilines is 1. The van der Waals surface area contributed by atoms with Crippen molar-refractivity contribution in [1.82, 2.24) is 5.32 Å². The number of phenols is 1. The molecule has 0 radical (unpaired) electrons. The number of aliphatic hydroxyl groups is 1. The molecule has 1 aliphatic heterocycles. The van der Waals surface area contributed by atoms with Crippen LogP contribution in [0, 0.1) is 0 Å². The normalized spacial score (nSPS) is 16.1. The fourth-order valence-electron chi connectivity index (χ4n) is 2.61. The summed E-state index contributed by atoms with van der Waals surface area (Å²) in [4.78, 5) is 13.3. The van der Waals surface area contributed by atoms with Crippen LogP contribution in [-0.4, -0.2) is 42.4 Å². The molecule has 20 heavy (non-hydrogen) atoms. The van der Waals surface area contributed by atoms with Crippen molar-refractivity contribution in [3.8, 4) is 5.75 Å². The second kappa shape index (κ2) is 6.24. The molecule has 0 saturated heterocycles. The smallest absolute Gasteiger partial charge is 0.227 e. The first-order valence-electron chi connectivity index (χ1n) is 6.99. The van der Waals surface area contributed by atoms with Crippen molar-refractivity contribution in [3.63, 3.8) is 0 Å². The highest BCUT2D eigenvalue weighted by molar-refractivity contribution is 5.97. The molecule has 5 nitrogen and oxygen atoms in total. The van der Waals surface area contributed by atoms with Crippen LogP contribution in [0.15, 0.2) is 12.1 Å². The maximum absolute atomic E-state index is 11.7. The average molecular weight is 278 g/mol. The van der Waals surface area contributed by atoms with Crippen molar-refractivity contribution >= 4 is 11.6 Å². The van der Waals surface area contributed by atoms with Crippen LogP contribution < -0.4 is 10.2 Å². The van der Waals surface area contributed by atoms with Crippen LogP contribution in [-0.2, 0) is 17.6 Å². The van der Waals surface area contributed by atoms with Gasteiger partial charge in [-0.05, 0) is 43.5 Å². The fourth-order valence-corrected chi connectivity index (χ4v) is 2.61. The van der Waals surface area contributed by atoms with E-state index in [1.54, 1.807) is 24.9 Å². The van der Waals surface area contributed by atoms with Gasteiger partial charge in [-0.3, -0.25) is 4.79 Å². The number of benzene rings is 1. The first-order valence-corrected chi connectivity index (χ1v) is 6.99. The molecule has 110 valence electrons. The van der Waals surface area contributed by atoms with Gasteiger partial charge in [-0.2, -0.15) is 0 Å². The van der Waals surface area contributed by atoms with Crippen molar-refractivity contribution in [2.75, 3.05) is 25.0 Å². The standard InChI is InChI=1S/C15H22N2O3/c1-10(18)9-16-8-7-11-3-5-13(19)15-12(11)4-6-14(20)17(15)2/h3,5,10,16,18-19H,4,6-9H2,1-2H3. The SMILES string of the molecule is CC(O)CNCCc1ccc(O)c2c1CCC(=O)N2C. The maximum atomic E-state index is 11.7. The molecule has 0 bridgehead atoms. The van der Waals surface area contributed by atoms with Crippen molar-refractivity contribution in [2.24, 2.45) is 0 Å². The molecule has 5 heteroatoms. The first-order chi connectivity index (χ1) is 9.50. The number of phenolic OH excluding ortho intramolecular Hbond substituents is 1. The van der Waals surface area contributed by atoms with Gasteiger partial charge in [-0.25, -0.2) is 0 Å². The van der Waals surface area contributed by atoms with Gasteiger partial charge in [0.2, 0.25) is 5.91 Å². The van der Waals surface area contributed by atoms with Crippen LogP contribution in [0.3, 0.4) is 0 Å². The summed E-state index contributed by atoms with van der Waals surface area (Å²) in [5, 5.41) is 22.4. The zero-order valence-corrected chi connectivity index (χ0v) is 12.0. The van der Waals surface area contributed by atoms with Crippen LogP contribution in [0.2, 0.25) is 0 Å². The van der Waals surface area contributed by atoms with Crippen LogP contribution in [0.5, 0.6) is 5.75 Å². The molecule has 1 heterocycles. The Kier molecular flexibility index (Phi) is 4.62. The third-order valence-corrected chi connectivity index (χ3v) is 3.67. The molecular formula is C15H22N2O3. The largest absolute Gasteiger partial charge is 0.506 e. The number of aromatic hydroxyl groups is 1. The van der Waals surface area contributed by atoms with E-state index in [-0.39, 0.29) is 17.8 Å². The zero-order valence-electron chi connectivity index (χ0n) is 12.0. The molecule has 1 aromatic rings. The molecule has 0 aliphatic carbocycles. The Hall–Kier alpha value is -1.59. The molecule has 1 aromatic carbocycles. The Bertz CT molecular complexity index is 500.